The predicted molar refractivity (Wildman–Crippen MR) is 87.7 cm³/mol. The summed E-state index contributed by atoms with van der Waals surface area (Å²) in [6.07, 6.45) is 7.09. The summed E-state index contributed by atoms with van der Waals surface area (Å²) in [5, 5.41) is 4.33. The first-order valence-corrected chi connectivity index (χ1v) is 8.95. The molecule has 0 aromatic heterocycles. The molecule has 0 aromatic rings. The third kappa shape index (κ3) is 3.83. The fourth-order valence-corrected chi connectivity index (χ4v) is 5.09. The largest absolute Gasteiger partial charge is 0.341 e. The van der Waals surface area contributed by atoms with Crippen molar-refractivity contribution in [1.82, 2.24) is 10.2 Å². The number of amides is 1. The van der Waals surface area contributed by atoms with Crippen LogP contribution in [-0.4, -0.2) is 47.0 Å². The number of piperidine rings is 1. The van der Waals surface area contributed by atoms with E-state index in [0.29, 0.717) is 29.2 Å². The van der Waals surface area contributed by atoms with Gasteiger partial charge in [-0.15, -0.1) is 12.4 Å². The number of hydrogen-bond donors (Lipinski definition) is 1. The predicted octanol–water partition coefficient (Wildman–Crippen LogP) is 2.68. The summed E-state index contributed by atoms with van der Waals surface area (Å²) in [6, 6.07) is 1.41. The Labute approximate surface area is 133 Å². The quantitative estimate of drug-likeness (QED) is 0.868. The van der Waals surface area contributed by atoms with Crippen LogP contribution in [0.25, 0.3) is 0 Å². The van der Waals surface area contributed by atoms with E-state index in [1.165, 1.54) is 32.1 Å². The van der Waals surface area contributed by atoms with Crippen molar-refractivity contribution in [3.8, 4) is 0 Å². The van der Waals surface area contributed by atoms with Crippen LogP contribution in [-0.2, 0) is 4.79 Å². The molecule has 3 saturated heterocycles. The molecule has 1 N–H and O–H groups in total. The van der Waals surface area contributed by atoms with Crippen LogP contribution in [0.4, 0.5) is 0 Å². The van der Waals surface area contributed by atoms with Gasteiger partial charge in [0, 0.05) is 42.6 Å². The molecule has 20 heavy (non-hydrogen) atoms. The molecule has 0 aliphatic carbocycles. The van der Waals surface area contributed by atoms with Gasteiger partial charge >= 0.3 is 0 Å². The van der Waals surface area contributed by atoms with Gasteiger partial charge in [-0.25, -0.2) is 0 Å². The Morgan fingerprint density at radius 3 is 2.65 bits per heavy atom. The molecule has 0 aromatic carbocycles. The van der Waals surface area contributed by atoms with Gasteiger partial charge in [-0.3, -0.25) is 4.79 Å². The van der Waals surface area contributed by atoms with Crippen LogP contribution in [0, 0.1) is 5.92 Å². The number of halogens is 1. The van der Waals surface area contributed by atoms with Crippen LogP contribution in [0.5, 0.6) is 0 Å². The van der Waals surface area contributed by atoms with Gasteiger partial charge in [-0.05, 0) is 38.0 Å². The Hall–Kier alpha value is 0.0700. The third-order valence-electron chi connectivity index (χ3n) is 4.98. The minimum atomic E-state index is 0. The minimum absolute atomic E-state index is 0. The lowest BCUT2D eigenvalue weighted by molar-refractivity contribution is -0.132. The van der Waals surface area contributed by atoms with Crippen LogP contribution < -0.4 is 5.32 Å². The van der Waals surface area contributed by atoms with Crippen molar-refractivity contribution in [3.63, 3.8) is 0 Å². The molecule has 0 saturated carbocycles. The second kappa shape index (κ2) is 7.37. The molecular weight excluding hydrogens is 292 g/mol. The van der Waals surface area contributed by atoms with Gasteiger partial charge in [-0.1, -0.05) is 6.92 Å². The van der Waals surface area contributed by atoms with Crippen LogP contribution in [0.3, 0.4) is 0 Å². The topological polar surface area (TPSA) is 32.3 Å². The Kier molecular flexibility index (Phi) is 6.06. The number of carbonyl (C=O) groups excluding carboxylic acids is 1. The maximum atomic E-state index is 12.5. The highest BCUT2D eigenvalue weighted by Gasteiger charge is 2.35. The monoisotopic (exact) mass is 318 g/mol. The molecule has 2 bridgehead atoms. The van der Waals surface area contributed by atoms with Crippen LogP contribution in [0.2, 0.25) is 0 Å². The number of nitrogens with zero attached hydrogens (tertiary/aromatic N) is 1. The highest BCUT2D eigenvalue weighted by Crippen LogP contribution is 2.33. The Morgan fingerprint density at radius 1 is 1.30 bits per heavy atom. The first-order chi connectivity index (χ1) is 9.24. The molecule has 3 fully saturated rings. The lowest BCUT2D eigenvalue weighted by atomic mass is 9.89. The van der Waals surface area contributed by atoms with Crippen molar-refractivity contribution >= 4 is 30.1 Å². The SMILES string of the molecule is CCC1CN(C(=O)CC2CC3CCC(C2)N3)CCS1.Cl. The second-order valence-electron chi connectivity index (χ2n) is 6.42. The van der Waals surface area contributed by atoms with Gasteiger partial charge in [0.2, 0.25) is 5.91 Å². The van der Waals surface area contributed by atoms with E-state index < -0.39 is 0 Å². The van der Waals surface area contributed by atoms with E-state index >= 15 is 0 Å². The maximum absolute atomic E-state index is 12.5. The zero-order chi connectivity index (χ0) is 13.2. The summed E-state index contributed by atoms with van der Waals surface area (Å²) in [5.74, 6) is 2.19. The molecule has 3 atom stereocenters. The normalized spacial score (nSPS) is 36.5. The summed E-state index contributed by atoms with van der Waals surface area (Å²) in [4.78, 5) is 14.6. The molecule has 3 aliphatic rings. The molecule has 3 nitrogen and oxygen atoms in total. The average molecular weight is 319 g/mol. The molecule has 3 unspecified atom stereocenters. The van der Waals surface area contributed by atoms with Crippen molar-refractivity contribution in [3.05, 3.63) is 0 Å². The molecular formula is C15H27ClN2OS. The van der Waals surface area contributed by atoms with E-state index in [2.05, 4.69) is 17.1 Å². The zero-order valence-electron chi connectivity index (χ0n) is 12.3. The molecule has 116 valence electrons. The van der Waals surface area contributed by atoms with Gasteiger partial charge in [0.1, 0.15) is 0 Å². The molecule has 3 aliphatic heterocycles. The van der Waals surface area contributed by atoms with E-state index in [1.54, 1.807) is 0 Å². The fraction of sp³-hybridized carbons (Fsp3) is 0.933. The molecule has 0 spiro atoms. The first kappa shape index (κ1) is 16.4. The second-order valence-corrected chi connectivity index (χ2v) is 7.83. The van der Waals surface area contributed by atoms with Gasteiger partial charge in [0.25, 0.3) is 0 Å². The van der Waals surface area contributed by atoms with Crippen LogP contribution in [0.1, 0.15) is 45.4 Å². The van der Waals surface area contributed by atoms with Gasteiger partial charge < -0.3 is 10.2 Å². The summed E-state index contributed by atoms with van der Waals surface area (Å²) in [6.45, 7) is 4.19. The highest BCUT2D eigenvalue weighted by molar-refractivity contribution is 8.00. The number of rotatable bonds is 3. The van der Waals surface area contributed by atoms with E-state index in [-0.39, 0.29) is 12.4 Å². The number of thioether (sulfide) groups is 1. The number of carbonyl (C=O) groups is 1. The maximum Gasteiger partial charge on any atom is 0.222 e. The van der Waals surface area contributed by atoms with Crippen molar-refractivity contribution in [2.45, 2.75) is 62.8 Å². The number of hydrogen-bond acceptors (Lipinski definition) is 3. The third-order valence-corrected chi connectivity index (χ3v) is 6.35. The van der Waals surface area contributed by atoms with Gasteiger partial charge in [-0.2, -0.15) is 11.8 Å². The standard InChI is InChI=1S/C15H26N2OS.ClH/c1-2-14-10-17(5-6-19-14)15(18)9-11-7-12-3-4-13(8-11)16-12;/h11-14,16H,2-10H2,1H3;1H. The average Bonchev–Trinajstić information content (AvgIpc) is 2.78. The molecule has 3 rings (SSSR count). The van der Waals surface area contributed by atoms with Crippen molar-refractivity contribution in [2.24, 2.45) is 5.92 Å². The number of fused-ring (bicyclic) bond motifs is 2. The lowest BCUT2D eigenvalue weighted by Gasteiger charge is -2.34. The van der Waals surface area contributed by atoms with Crippen molar-refractivity contribution in [2.75, 3.05) is 18.8 Å². The lowest BCUT2D eigenvalue weighted by Crippen LogP contribution is -2.44. The van der Waals surface area contributed by atoms with Crippen LogP contribution >= 0.6 is 24.2 Å². The smallest absolute Gasteiger partial charge is 0.222 e. The Morgan fingerprint density at radius 2 is 2.00 bits per heavy atom. The van der Waals surface area contributed by atoms with Gasteiger partial charge in [0.05, 0.1) is 0 Å². The van der Waals surface area contributed by atoms with E-state index in [4.69, 9.17) is 0 Å². The van der Waals surface area contributed by atoms with Crippen molar-refractivity contribution < 1.29 is 4.79 Å². The van der Waals surface area contributed by atoms with E-state index in [0.717, 1.165) is 25.3 Å². The molecule has 0 radical (unpaired) electrons. The Bertz CT molecular complexity index is 330. The summed E-state index contributed by atoms with van der Waals surface area (Å²) < 4.78 is 0. The molecule has 5 heteroatoms. The molecule has 3 heterocycles. The summed E-state index contributed by atoms with van der Waals surface area (Å²) in [5.41, 5.74) is 0. The van der Waals surface area contributed by atoms with Crippen molar-refractivity contribution in [1.29, 1.82) is 0 Å². The minimum Gasteiger partial charge on any atom is -0.341 e. The van der Waals surface area contributed by atoms with E-state index in [1.807, 2.05) is 11.8 Å². The number of nitrogens with one attached hydrogen (secondary N) is 1. The first-order valence-electron chi connectivity index (χ1n) is 7.90. The Balaban J connectivity index is 0.00000147. The summed E-state index contributed by atoms with van der Waals surface area (Å²) >= 11 is 2.04. The molecule has 1 amide bonds. The fourth-order valence-electron chi connectivity index (χ4n) is 3.91. The van der Waals surface area contributed by atoms with Crippen LogP contribution in [0.15, 0.2) is 0 Å². The van der Waals surface area contributed by atoms with Gasteiger partial charge in [0.15, 0.2) is 0 Å². The summed E-state index contributed by atoms with van der Waals surface area (Å²) in [7, 11) is 0. The highest BCUT2D eigenvalue weighted by atomic mass is 35.5. The zero-order valence-corrected chi connectivity index (χ0v) is 14.0. The van der Waals surface area contributed by atoms with E-state index in [9.17, 15) is 4.79 Å².